The lowest BCUT2D eigenvalue weighted by Crippen LogP contribution is -2.17. The normalized spacial score (nSPS) is 16.0. The Bertz CT molecular complexity index is 813. The van der Waals surface area contributed by atoms with Crippen molar-refractivity contribution in [2.24, 2.45) is 0 Å². The van der Waals surface area contributed by atoms with Crippen molar-refractivity contribution in [2.75, 3.05) is 6.61 Å². The molecule has 0 saturated carbocycles. The van der Waals surface area contributed by atoms with Gasteiger partial charge in [0.25, 0.3) is 5.91 Å². The van der Waals surface area contributed by atoms with E-state index < -0.39 is 0 Å². The highest BCUT2D eigenvalue weighted by Gasteiger charge is 2.22. The largest absolute Gasteiger partial charge is 0.492 e. The zero-order valence-corrected chi connectivity index (χ0v) is 14.5. The number of halogens is 1. The number of hydrogen-bond acceptors (Lipinski definition) is 5. The second-order valence-electron chi connectivity index (χ2n) is 4.63. The molecule has 1 saturated heterocycles. The molecule has 0 bridgehead atoms. The third-order valence-corrected chi connectivity index (χ3v) is 4.52. The van der Waals surface area contributed by atoms with E-state index in [0.717, 1.165) is 5.56 Å². The molecule has 118 valence electrons. The van der Waals surface area contributed by atoms with Gasteiger partial charge in [-0.2, -0.15) is 0 Å². The second-order valence-corrected chi connectivity index (χ2v) is 6.76. The lowest BCUT2D eigenvalue weighted by atomic mass is 10.1. The molecule has 1 aromatic heterocycles. The minimum absolute atomic E-state index is 0.206. The fourth-order valence-corrected chi connectivity index (χ4v) is 3.32. The fraction of sp³-hybridized carbons (Fsp3) is 0.125. The van der Waals surface area contributed by atoms with Crippen LogP contribution in [0.3, 0.4) is 0 Å². The molecule has 1 fully saturated rings. The van der Waals surface area contributed by atoms with E-state index in [2.05, 4.69) is 5.32 Å². The first-order valence-electron chi connectivity index (χ1n) is 6.84. The predicted octanol–water partition coefficient (Wildman–Crippen LogP) is 4.49. The molecular weight excluding hydrogens is 354 g/mol. The van der Waals surface area contributed by atoms with Crippen LogP contribution in [0.25, 0.3) is 17.4 Å². The first-order valence-corrected chi connectivity index (χ1v) is 8.44. The van der Waals surface area contributed by atoms with Crippen LogP contribution < -0.4 is 10.1 Å². The number of furan rings is 1. The lowest BCUT2D eigenvalue weighted by molar-refractivity contribution is -0.115. The summed E-state index contributed by atoms with van der Waals surface area (Å²) in [5.74, 6) is 1.67. The van der Waals surface area contributed by atoms with Crippen LogP contribution in [0.2, 0.25) is 5.02 Å². The van der Waals surface area contributed by atoms with Gasteiger partial charge in [-0.05, 0) is 37.3 Å². The molecular formula is C16H12ClNO3S2. The molecule has 7 heteroatoms. The molecule has 0 unspecified atom stereocenters. The van der Waals surface area contributed by atoms with E-state index in [1.165, 1.54) is 11.8 Å². The molecule has 0 spiro atoms. The molecule has 3 rings (SSSR count). The van der Waals surface area contributed by atoms with Gasteiger partial charge in [0.2, 0.25) is 0 Å². The van der Waals surface area contributed by atoms with E-state index in [1.54, 1.807) is 24.3 Å². The zero-order chi connectivity index (χ0) is 16.4. The molecule has 2 heterocycles. The number of amides is 1. The molecule has 1 N–H and O–H groups in total. The van der Waals surface area contributed by atoms with Gasteiger partial charge >= 0.3 is 0 Å². The van der Waals surface area contributed by atoms with Crippen molar-refractivity contribution >= 4 is 51.9 Å². The van der Waals surface area contributed by atoms with Gasteiger partial charge < -0.3 is 14.5 Å². The lowest BCUT2D eigenvalue weighted by Gasteiger charge is -2.06. The third kappa shape index (κ3) is 3.60. The van der Waals surface area contributed by atoms with Gasteiger partial charge in [0.1, 0.15) is 21.6 Å². The Kier molecular flexibility index (Phi) is 4.75. The summed E-state index contributed by atoms with van der Waals surface area (Å²) in [5, 5.41) is 3.09. The highest BCUT2D eigenvalue weighted by atomic mass is 35.5. The van der Waals surface area contributed by atoms with E-state index >= 15 is 0 Å². The van der Waals surface area contributed by atoms with Crippen molar-refractivity contribution in [3.8, 4) is 17.1 Å². The zero-order valence-electron chi connectivity index (χ0n) is 12.1. The first kappa shape index (κ1) is 16.1. The minimum Gasteiger partial charge on any atom is -0.492 e. The number of rotatable bonds is 4. The van der Waals surface area contributed by atoms with Crippen LogP contribution in [0.4, 0.5) is 0 Å². The smallest absolute Gasteiger partial charge is 0.263 e. The number of benzene rings is 1. The van der Waals surface area contributed by atoms with E-state index in [1.807, 2.05) is 19.1 Å². The van der Waals surface area contributed by atoms with E-state index in [0.29, 0.717) is 38.1 Å². The summed E-state index contributed by atoms with van der Waals surface area (Å²) in [6.07, 6.45) is 1.67. The van der Waals surface area contributed by atoms with Gasteiger partial charge in [0.15, 0.2) is 0 Å². The van der Waals surface area contributed by atoms with Gasteiger partial charge in [0.05, 0.1) is 16.5 Å². The van der Waals surface area contributed by atoms with Crippen LogP contribution >= 0.6 is 35.6 Å². The summed E-state index contributed by atoms with van der Waals surface area (Å²) in [4.78, 5) is 12.2. The number of thioether (sulfide) groups is 1. The maximum absolute atomic E-state index is 11.6. The monoisotopic (exact) mass is 365 g/mol. The Balaban J connectivity index is 1.85. The summed E-state index contributed by atoms with van der Waals surface area (Å²) in [6, 6.07) is 9.09. The quantitative estimate of drug-likeness (QED) is 0.639. The van der Waals surface area contributed by atoms with Crippen LogP contribution in [0.1, 0.15) is 12.7 Å². The number of carbonyl (C=O) groups is 1. The standard InChI is InChI=1S/C16H12ClNO3S2/c1-2-20-13-5-3-9(7-11(13)17)12-6-4-10(21-12)8-14-15(19)18-16(22)23-14/h3-8H,2H2,1H3,(H,18,19,22). The minimum atomic E-state index is -0.206. The second kappa shape index (κ2) is 6.78. The number of nitrogens with one attached hydrogen (secondary N) is 1. The molecule has 23 heavy (non-hydrogen) atoms. The Morgan fingerprint density at radius 1 is 1.39 bits per heavy atom. The van der Waals surface area contributed by atoms with Crippen LogP contribution in [-0.2, 0) is 4.79 Å². The van der Waals surface area contributed by atoms with Crippen LogP contribution in [-0.4, -0.2) is 16.8 Å². The van der Waals surface area contributed by atoms with Gasteiger partial charge in [0, 0.05) is 11.6 Å². The maximum atomic E-state index is 11.6. The average molecular weight is 366 g/mol. The number of carbonyl (C=O) groups excluding carboxylic acids is 1. The van der Waals surface area contributed by atoms with Gasteiger partial charge in [-0.3, -0.25) is 4.79 Å². The number of thiocarbonyl (C=S) groups is 1. The summed E-state index contributed by atoms with van der Waals surface area (Å²) < 4.78 is 11.6. The number of ether oxygens (including phenoxy) is 1. The highest BCUT2D eigenvalue weighted by molar-refractivity contribution is 8.26. The summed E-state index contributed by atoms with van der Waals surface area (Å²) >= 11 is 12.4. The van der Waals surface area contributed by atoms with Crippen molar-refractivity contribution in [3.05, 3.63) is 46.0 Å². The Hall–Kier alpha value is -1.76. The van der Waals surface area contributed by atoms with Crippen molar-refractivity contribution in [1.29, 1.82) is 0 Å². The predicted molar refractivity (Wildman–Crippen MR) is 96.6 cm³/mol. The molecule has 1 aliphatic rings. The Labute approximate surface area is 147 Å². The average Bonchev–Trinajstić information content (AvgIpc) is 3.09. The van der Waals surface area contributed by atoms with Gasteiger partial charge in [-0.1, -0.05) is 35.6 Å². The maximum Gasteiger partial charge on any atom is 0.263 e. The van der Waals surface area contributed by atoms with E-state index in [4.69, 9.17) is 33.0 Å². The van der Waals surface area contributed by atoms with Crippen molar-refractivity contribution in [3.63, 3.8) is 0 Å². The van der Waals surface area contributed by atoms with E-state index in [9.17, 15) is 4.79 Å². The highest BCUT2D eigenvalue weighted by Crippen LogP contribution is 2.32. The molecule has 1 aliphatic heterocycles. The first-order chi connectivity index (χ1) is 11.1. The molecule has 1 amide bonds. The van der Waals surface area contributed by atoms with Gasteiger partial charge in [-0.15, -0.1) is 0 Å². The summed E-state index contributed by atoms with van der Waals surface area (Å²) in [5.41, 5.74) is 0.835. The third-order valence-electron chi connectivity index (χ3n) is 3.06. The molecule has 0 aliphatic carbocycles. The van der Waals surface area contributed by atoms with Crippen molar-refractivity contribution in [2.45, 2.75) is 6.92 Å². The van der Waals surface area contributed by atoms with Gasteiger partial charge in [-0.25, -0.2) is 0 Å². The fourth-order valence-electron chi connectivity index (χ4n) is 2.06. The Morgan fingerprint density at radius 2 is 2.22 bits per heavy atom. The van der Waals surface area contributed by atoms with Crippen LogP contribution in [0, 0.1) is 0 Å². The van der Waals surface area contributed by atoms with E-state index in [-0.39, 0.29) is 5.91 Å². The van der Waals surface area contributed by atoms with Crippen molar-refractivity contribution < 1.29 is 13.9 Å². The van der Waals surface area contributed by atoms with Crippen molar-refractivity contribution in [1.82, 2.24) is 5.32 Å². The molecule has 2 aromatic rings. The topological polar surface area (TPSA) is 51.5 Å². The Morgan fingerprint density at radius 3 is 2.87 bits per heavy atom. The molecule has 1 aromatic carbocycles. The number of hydrogen-bond donors (Lipinski definition) is 1. The summed E-state index contributed by atoms with van der Waals surface area (Å²) in [6.45, 7) is 2.46. The summed E-state index contributed by atoms with van der Waals surface area (Å²) in [7, 11) is 0. The molecule has 0 radical (unpaired) electrons. The molecule has 0 atom stereocenters. The molecule has 4 nitrogen and oxygen atoms in total. The van der Waals surface area contributed by atoms with Crippen LogP contribution in [0.5, 0.6) is 5.75 Å². The SMILES string of the molecule is CCOc1ccc(-c2ccc(C=C3SC(=S)NC3=O)o2)cc1Cl. The van der Waals surface area contributed by atoms with Crippen LogP contribution in [0.15, 0.2) is 39.7 Å².